The maximum absolute atomic E-state index is 11.7. The summed E-state index contributed by atoms with van der Waals surface area (Å²) in [6.07, 6.45) is 2.47. The third kappa shape index (κ3) is 4.34. The summed E-state index contributed by atoms with van der Waals surface area (Å²) in [6, 6.07) is 0. The molecule has 1 heterocycles. The zero-order valence-corrected chi connectivity index (χ0v) is 10.7. The van der Waals surface area contributed by atoms with E-state index in [1.165, 1.54) is 7.11 Å². The van der Waals surface area contributed by atoms with E-state index in [0.717, 1.165) is 25.8 Å². The highest BCUT2D eigenvalue weighted by atomic mass is 16.5. The van der Waals surface area contributed by atoms with Crippen LogP contribution in [0.1, 0.15) is 26.2 Å². The van der Waals surface area contributed by atoms with Gasteiger partial charge in [-0.15, -0.1) is 0 Å². The van der Waals surface area contributed by atoms with Gasteiger partial charge in [0.15, 0.2) is 0 Å². The predicted molar refractivity (Wildman–Crippen MR) is 64.5 cm³/mol. The Balaban J connectivity index is 2.30. The van der Waals surface area contributed by atoms with Crippen molar-refractivity contribution in [1.29, 1.82) is 0 Å². The highest BCUT2D eigenvalue weighted by molar-refractivity contribution is 5.80. The maximum atomic E-state index is 11.7. The van der Waals surface area contributed by atoms with Gasteiger partial charge in [0, 0.05) is 32.7 Å². The number of carbonyl (C=O) groups is 2. The lowest BCUT2D eigenvalue weighted by atomic mass is 9.96. The fourth-order valence-electron chi connectivity index (χ4n) is 2.00. The van der Waals surface area contributed by atoms with E-state index in [4.69, 9.17) is 4.74 Å². The zero-order chi connectivity index (χ0) is 12.7. The van der Waals surface area contributed by atoms with E-state index in [9.17, 15) is 9.59 Å². The number of rotatable bonds is 5. The zero-order valence-electron chi connectivity index (χ0n) is 10.7. The van der Waals surface area contributed by atoms with Gasteiger partial charge in [-0.3, -0.25) is 9.59 Å². The molecule has 1 rings (SSSR count). The van der Waals surface area contributed by atoms with Crippen molar-refractivity contribution >= 4 is 11.8 Å². The second-order valence-corrected chi connectivity index (χ2v) is 4.38. The highest BCUT2D eigenvalue weighted by Gasteiger charge is 2.26. The molecule has 1 N–H and O–H groups in total. The Bertz CT molecular complexity index is 260. The molecular weight excluding hydrogens is 220 g/mol. The van der Waals surface area contributed by atoms with Crippen LogP contribution in [-0.4, -0.2) is 50.1 Å². The minimum absolute atomic E-state index is 0.0138. The normalized spacial score (nSPS) is 16.9. The van der Waals surface area contributed by atoms with Crippen LogP contribution < -0.4 is 5.32 Å². The molecule has 1 saturated heterocycles. The highest BCUT2D eigenvalue weighted by Crippen LogP contribution is 2.17. The van der Waals surface area contributed by atoms with Crippen LogP contribution in [0.15, 0.2) is 0 Å². The molecule has 0 aliphatic carbocycles. The first kappa shape index (κ1) is 14.0. The second kappa shape index (κ2) is 7.27. The third-order valence-corrected chi connectivity index (χ3v) is 3.04. The first-order valence-corrected chi connectivity index (χ1v) is 6.23. The lowest BCUT2D eigenvalue weighted by molar-refractivity contribution is -0.138. The van der Waals surface area contributed by atoms with Gasteiger partial charge in [0.05, 0.1) is 0 Å². The molecule has 98 valence electrons. The van der Waals surface area contributed by atoms with Gasteiger partial charge >= 0.3 is 0 Å². The Morgan fingerprint density at radius 3 is 2.53 bits per heavy atom. The Morgan fingerprint density at radius 1 is 1.35 bits per heavy atom. The molecule has 0 radical (unpaired) electrons. The molecule has 5 nitrogen and oxygen atoms in total. The van der Waals surface area contributed by atoms with Gasteiger partial charge in [-0.25, -0.2) is 0 Å². The molecule has 0 aromatic rings. The van der Waals surface area contributed by atoms with Crippen molar-refractivity contribution < 1.29 is 14.3 Å². The number of hydrogen-bond donors (Lipinski definition) is 1. The van der Waals surface area contributed by atoms with Crippen molar-refractivity contribution in [2.75, 3.05) is 33.4 Å². The van der Waals surface area contributed by atoms with Crippen molar-refractivity contribution in [3.05, 3.63) is 0 Å². The van der Waals surface area contributed by atoms with Crippen LogP contribution in [0.25, 0.3) is 0 Å². The fourth-order valence-corrected chi connectivity index (χ4v) is 2.00. The lowest BCUT2D eigenvalue weighted by Gasteiger charge is -2.31. The lowest BCUT2D eigenvalue weighted by Crippen LogP contribution is -2.44. The van der Waals surface area contributed by atoms with Crippen molar-refractivity contribution in [1.82, 2.24) is 10.2 Å². The molecule has 0 aromatic heterocycles. The van der Waals surface area contributed by atoms with E-state index in [2.05, 4.69) is 5.32 Å². The van der Waals surface area contributed by atoms with Crippen molar-refractivity contribution in [2.45, 2.75) is 26.2 Å². The summed E-state index contributed by atoms with van der Waals surface area (Å²) in [5, 5.41) is 2.90. The number of likely N-dealkylation sites (tertiary alicyclic amines) is 1. The van der Waals surface area contributed by atoms with Gasteiger partial charge in [-0.1, -0.05) is 6.92 Å². The van der Waals surface area contributed by atoms with Crippen LogP contribution in [0.4, 0.5) is 0 Å². The van der Waals surface area contributed by atoms with Crippen LogP contribution in [-0.2, 0) is 14.3 Å². The monoisotopic (exact) mass is 242 g/mol. The summed E-state index contributed by atoms with van der Waals surface area (Å²) in [4.78, 5) is 25.0. The summed E-state index contributed by atoms with van der Waals surface area (Å²) in [5.74, 6) is 0.207. The van der Waals surface area contributed by atoms with Crippen molar-refractivity contribution in [3.63, 3.8) is 0 Å². The number of carbonyl (C=O) groups excluding carboxylic acids is 2. The molecular formula is C12H22N2O3. The van der Waals surface area contributed by atoms with Crippen LogP contribution in [0.2, 0.25) is 0 Å². The average molecular weight is 242 g/mol. The minimum Gasteiger partial charge on any atom is -0.375 e. The predicted octanol–water partition coefficient (Wildman–Crippen LogP) is 0.398. The molecule has 1 fully saturated rings. The number of piperidine rings is 1. The number of ether oxygens (including phenoxy) is 1. The standard InChI is InChI=1S/C12H22N2O3/c1-3-6-13-12(16)10-4-7-14(8-5-10)11(15)9-17-2/h10H,3-9H2,1-2H3,(H,13,16). The van der Waals surface area contributed by atoms with Crippen molar-refractivity contribution in [3.8, 4) is 0 Å². The Kier molecular flexibility index (Phi) is 5.97. The van der Waals surface area contributed by atoms with Crippen LogP contribution in [0.5, 0.6) is 0 Å². The Labute approximate surface area is 102 Å². The molecule has 1 aliphatic rings. The number of hydrogen-bond acceptors (Lipinski definition) is 3. The molecule has 17 heavy (non-hydrogen) atoms. The Morgan fingerprint density at radius 2 is 2.00 bits per heavy atom. The van der Waals surface area contributed by atoms with Crippen molar-refractivity contribution in [2.24, 2.45) is 5.92 Å². The number of nitrogens with zero attached hydrogens (tertiary/aromatic N) is 1. The van der Waals surface area contributed by atoms with E-state index in [-0.39, 0.29) is 24.3 Å². The van der Waals surface area contributed by atoms with Gasteiger partial charge in [0.25, 0.3) is 0 Å². The molecule has 0 bridgehead atoms. The molecule has 0 atom stereocenters. The fraction of sp³-hybridized carbons (Fsp3) is 0.833. The molecule has 0 aromatic carbocycles. The van der Waals surface area contributed by atoms with E-state index in [0.29, 0.717) is 13.1 Å². The van der Waals surface area contributed by atoms with E-state index in [1.807, 2.05) is 6.92 Å². The summed E-state index contributed by atoms with van der Waals surface area (Å²) < 4.78 is 4.81. The molecule has 5 heteroatoms. The van der Waals surface area contributed by atoms with Crippen LogP contribution in [0.3, 0.4) is 0 Å². The average Bonchev–Trinajstić information content (AvgIpc) is 2.36. The van der Waals surface area contributed by atoms with Gasteiger partial charge in [0.2, 0.25) is 11.8 Å². The first-order valence-electron chi connectivity index (χ1n) is 6.23. The quantitative estimate of drug-likeness (QED) is 0.759. The van der Waals surface area contributed by atoms with E-state index >= 15 is 0 Å². The summed E-state index contributed by atoms with van der Waals surface area (Å²) in [5.41, 5.74) is 0. The number of amides is 2. The van der Waals surface area contributed by atoms with Gasteiger partial charge < -0.3 is 15.0 Å². The molecule has 1 aliphatic heterocycles. The second-order valence-electron chi connectivity index (χ2n) is 4.38. The van der Waals surface area contributed by atoms with E-state index < -0.39 is 0 Å². The van der Waals surface area contributed by atoms with Gasteiger partial charge in [-0.2, -0.15) is 0 Å². The Hall–Kier alpha value is -1.10. The topological polar surface area (TPSA) is 58.6 Å². The minimum atomic E-state index is 0.0138. The smallest absolute Gasteiger partial charge is 0.248 e. The first-order chi connectivity index (χ1) is 8.19. The summed E-state index contributed by atoms with van der Waals surface area (Å²) >= 11 is 0. The van der Waals surface area contributed by atoms with Crippen LogP contribution in [0, 0.1) is 5.92 Å². The van der Waals surface area contributed by atoms with Gasteiger partial charge in [0.1, 0.15) is 6.61 Å². The van der Waals surface area contributed by atoms with Gasteiger partial charge in [-0.05, 0) is 19.3 Å². The molecule has 0 spiro atoms. The third-order valence-electron chi connectivity index (χ3n) is 3.04. The molecule has 2 amide bonds. The molecule has 0 saturated carbocycles. The molecule has 0 unspecified atom stereocenters. The summed E-state index contributed by atoms with van der Waals surface area (Å²) in [6.45, 7) is 4.22. The van der Waals surface area contributed by atoms with Crippen LogP contribution >= 0.6 is 0 Å². The number of methoxy groups -OCH3 is 1. The number of nitrogens with one attached hydrogen (secondary N) is 1. The largest absolute Gasteiger partial charge is 0.375 e. The SMILES string of the molecule is CCCNC(=O)C1CCN(C(=O)COC)CC1. The summed E-state index contributed by atoms with van der Waals surface area (Å²) in [7, 11) is 1.52. The maximum Gasteiger partial charge on any atom is 0.248 e. The van der Waals surface area contributed by atoms with E-state index in [1.54, 1.807) is 4.90 Å².